The van der Waals surface area contributed by atoms with Crippen molar-refractivity contribution in [3.8, 4) is 11.5 Å². The Morgan fingerprint density at radius 2 is 1.91 bits per heavy atom. The number of aromatic nitrogens is 1. The summed E-state index contributed by atoms with van der Waals surface area (Å²) in [6.45, 7) is 5.70. The maximum atomic E-state index is 12.2. The standard InChI is InChI=1S/C30H27NO3S/c1-4-28(32)34-26-11-6-5-10-24(26)30(21-12-15-27-25(17-21)31-18-35-27)29(20-8-7-9-20)23-14-13-22(33-3)16-19(23)2/h4-6,10-18,20H,1,7-9H2,2-3H3/b30-29-. The highest BCUT2D eigenvalue weighted by Gasteiger charge is 2.29. The predicted molar refractivity (Wildman–Crippen MR) is 143 cm³/mol. The molecule has 0 amide bonds. The van der Waals surface area contributed by atoms with Crippen LogP contribution in [-0.2, 0) is 4.79 Å². The molecule has 176 valence electrons. The second-order valence-corrected chi connectivity index (χ2v) is 9.64. The van der Waals surface area contributed by atoms with Crippen LogP contribution in [0, 0.1) is 12.8 Å². The number of hydrogen-bond acceptors (Lipinski definition) is 5. The van der Waals surface area contributed by atoms with E-state index in [9.17, 15) is 4.79 Å². The average molecular weight is 482 g/mol. The number of carbonyl (C=O) groups is 1. The van der Waals surface area contributed by atoms with Crippen LogP contribution < -0.4 is 9.47 Å². The maximum absolute atomic E-state index is 12.2. The largest absolute Gasteiger partial charge is 0.497 e. The van der Waals surface area contributed by atoms with Gasteiger partial charge in [-0.15, -0.1) is 11.3 Å². The second kappa shape index (κ2) is 9.88. The van der Waals surface area contributed by atoms with E-state index in [1.54, 1.807) is 18.4 Å². The zero-order valence-corrected chi connectivity index (χ0v) is 20.7. The Hall–Kier alpha value is -3.70. The molecule has 0 unspecified atom stereocenters. The van der Waals surface area contributed by atoms with Gasteiger partial charge in [-0.25, -0.2) is 9.78 Å². The third-order valence-electron chi connectivity index (χ3n) is 6.66. The van der Waals surface area contributed by atoms with Crippen molar-refractivity contribution in [2.45, 2.75) is 26.2 Å². The Labute approximate surface area is 209 Å². The van der Waals surface area contributed by atoms with Crippen LogP contribution in [0.5, 0.6) is 11.5 Å². The number of nitrogens with zero attached hydrogens (tertiary/aromatic N) is 1. The molecule has 0 bridgehead atoms. The highest BCUT2D eigenvalue weighted by atomic mass is 32.1. The van der Waals surface area contributed by atoms with Gasteiger partial charge in [-0.3, -0.25) is 0 Å². The summed E-state index contributed by atoms with van der Waals surface area (Å²) < 4.78 is 12.4. The van der Waals surface area contributed by atoms with Gasteiger partial charge in [0.2, 0.25) is 0 Å². The first-order chi connectivity index (χ1) is 17.1. The van der Waals surface area contributed by atoms with Crippen LogP contribution >= 0.6 is 11.3 Å². The van der Waals surface area contributed by atoms with Gasteiger partial charge in [0, 0.05) is 11.6 Å². The lowest BCUT2D eigenvalue weighted by atomic mass is 9.72. The molecule has 0 saturated heterocycles. The molecule has 0 atom stereocenters. The number of methoxy groups -OCH3 is 1. The molecule has 1 heterocycles. The lowest BCUT2D eigenvalue weighted by molar-refractivity contribution is -0.128. The van der Waals surface area contributed by atoms with Crippen molar-refractivity contribution in [2.24, 2.45) is 5.92 Å². The molecule has 0 aliphatic heterocycles. The SMILES string of the molecule is C=CC(=O)Oc1ccccc1/C(=C(\c1ccc(OC)cc1C)C1CCC1)c1ccc2scnc2c1. The fraction of sp³-hybridized carbons (Fsp3) is 0.200. The molecule has 35 heavy (non-hydrogen) atoms. The predicted octanol–water partition coefficient (Wildman–Crippen LogP) is 7.46. The van der Waals surface area contributed by atoms with Gasteiger partial charge in [0.15, 0.2) is 0 Å². The van der Waals surface area contributed by atoms with E-state index in [4.69, 9.17) is 9.47 Å². The van der Waals surface area contributed by atoms with E-state index in [1.165, 1.54) is 23.6 Å². The van der Waals surface area contributed by atoms with Gasteiger partial charge in [0.1, 0.15) is 11.5 Å². The van der Waals surface area contributed by atoms with Gasteiger partial charge in [-0.1, -0.05) is 43.3 Å². The van der Waals surface area contributed by atoms with Crippen LogP contribution in [0.3, 0.4) is 0 Å². The number of ether oxygens (including phenoxy) is 2. The number of aryl methyl sites for hydroxylation is 1. The molecule has 1 aromatic heterocycles. The monoisotopic (exact) mass is 481 g/mol. The third kappa shape index (κ3) is 4.52. The Balaban J connectivity index is 1.83. The molecule has 0 spiro atoms. The lowest BCUT2D eigenvalue weighted by Crippen LogP contribution is -2.16. The molecular formula is C30H27NO3S. The van der Waals surface area contributed by atoms with Crippen molar-refractivity contribution >= 4 is 38.7 Å². The highest BCUT2D eigenvalue weighted by Crippen LogP contribution is 2.48. The van der Waals surface area contributed by atoms with Gasteiger partial charge in [0.05, 0.1) is 22.8 Å². The minimum Gasteiger partial charge on any atom is -0.497 e. The van der Waals surface area contributed by atoms with Gasteiger partial charge in [0.25, 0.3) is 0 Å². The summed E-state index contributed by atoms with van der Waals surface area (Å²) in [6, 6.07) is 20.4. The van der Waals surface area contributed by atoms with Gasteiger partial charge >= 0.3 is 5.97 Å². The molecule has 3 aromatic carbocycles. The van der Waals surface area contributed by atoms with Gasteiger partial charge in [-0.05, 0) is 83.9 Å². The molecule has 4 nitrogen and oxygen atoms in total. The van der Waals surface area contributed by atoms with E-state index in [0.29, 0.717) is 11.7 Å². The van der Waals surface area contributed by atoms with Gasteiger partial charge < -0.3 is 9.47 Å². The smallest absolute Gasteiger partial charge is 0.335 e. The van der Waals surface area contributed by atoms with Crippen LogP contribution in [0.4, 0.5) is 0 Å². The van der Waals surface area contributed by atoms with Crippen molar-refractivity contribution in [1.29, 1.82) is 0 Å². The Bertz CT molecular complexity index is 1450. The molecule has 0 N–H and O–H groups in total. The van der Waals surface area contributed by atoms with Crippen LogP contribution in [0.2, 0.25) is 0 Å². The number of fused-ring (bicyclic) bond motifs is 1. The number of para-hydroxylation sites is 1. The third-order valence-corrected chi connectivity index (χ3v) is 7.47. The van der Waals surface area contributed by atoms with E-state index in [-0.39, 0.29) is 0 Å². The van der Waals surface area contributed by atoms with E-state index < -0.39 is 5.97 Å². The molecular weight excluding hydrogens is 454 g/mol. The molecule has 1 fully saturated rings. The summed E-state index contributed by atoms with van der Waals surface area (Å²) in [7, 11) is 1.69. The molecule has 1 saturated carbocycles. The van der Waals surface area contributed by atoms with Crippen LogP contribution in [0.15, 0.2) is 78.8 Å². The summed E-state index contributed by atoms with van der Waals surface area (Å²) in [5.41, 5.74) is 9.46. The highest BCUT2D eigenvalue weighted by molar-refractivity contribution is 7.16. The number of thiazole rings is 1. The van der Waals surface area contributed by atoms with E-state index in [1.807, 2.05) is 35.8 Å². The normalized spacial score (nSPS) is 14.2. The zero-order chi connectivity index (χ0) is 24.4. The molecule has 0 radical (unpaired) electrons. The number of hydrogen-bond donors (Lipinski definition) is 0. The summed E-state index contributed by atoms with van der Waals surface area (Å²) in [5, 5.41) is 0. The van der Waals surface area contributed by atoms with Crippen molar-refractivity contribution in [3.05, 3.63) is 101 Å². The Morgan fingerprint density at radius 3 is 2.63 bits per heavy atom. The second-order valence-electron chi connectivity index (χ2n) is 8.75. The fourth-order valence-electron chi connectivity index (χ4n) is 4.70. The number of benzene rings is 3. The molecule has 5 rings (SSSR count). The molecule has 1 aliphatic carbocycles. The lowest BCUT2D eigenvalue weighted by Gasteiger charge is -2.32. The first-order valence-corrected chi connectivity index (χ1v) is 12.6. The van der Waals surface area contributed by atoms with Crippen LogP contribution in [0.25, 0.3) is 21.4 Å². The number of carbonyl (C=O) groups excluding carboxylic acids is 1. The number of esters is 1. The molecule has 1 aliphatic rings. The molecule has 5 heteroatoms. The first-order valence-electron chi connectivity index (χ1n) is 11.8. The van der Waals surface area contributed by atoms with E-state index >= 15 is 0 Å². The number of rotatable bonds is 7. The Morgan fingerprint density at radius 1 is 1.09 bits per heavy atom. The van der Waals surface area contributed by atoms with Crippen molar-refractivity contribution in [1.82, 2.24) is 4.98 Å². The Kier molecular flexibility index (Phi) is 6.51. The molecule has 4 aromatic rings. The minimum atomic E-state index is -0.474. The summed E-state index contributed by atoms with van der Waals surface area (Å²) >= 11 is 1.63. The minimum absolute atomic E-state index is 0.409. The van der Waals surface area contributed by atoms with E-state index in [2.05, 4.69) is 48.8 Å². The van der Waals surface area contributed by atoms with E-state index in [0.717, 1.165) is 51.1 Å². The summed E-state index contributed by atoms with van der Waals surface area (Å²) in [5.74, 6) is 1.29. The van der Waals surface area contributed by atoms with Crippen molar-refractivity contribution in [3.63, 3.8) is 0 Å². The summed E-state index contributed by atoms with van der Waals surface area (Å²) in [6.07, 6.45) is 4.65. The van der Waals surface area contributed by atoms with Crippen LogP contribution in [0.1, 0.15) is 41.5 Å². The van der Waals surface area contributed by atoms with Crippen molar-refractivity contribution in [2.75, 3.05) is 7.11 Å². The quantitative estimate of drug-likeness (QED) is 0.119. The fourth-order valence-corrected chi connectivity index (χ4v) is 5.36. The number of allylic oxidation sites excluding steroid dienone is 1. The zero-order valence-electron chi connectivity index (χ0n) is 19.9. The van der Waals surface area contributed by atoms with Gasteiger partial charge in [-0.2, -0.15) is 0 Å². The maximum Gasteiger partial charge on any atom is 0.335 e. The van der Waals surface area contributed by atoms with Crippen LogP contribution in [-0.4, -0.2) is 18.1 Å². The topological polar surface area (TPSA) is 48.4 Å². The summed E-state index contributed by atoms with van der Waals surface area (Å²) in [4.78, 5) is 16.8. The van der Waals surface area contributed by atoms with Crippen molar-refractivity contribution < 1.29 is 14.3 Å². The average Bonchev–Trinajstić information content (AvgIpc) is 3.31. The first kappa shape index (κ1) is 23.1.